The zero-order valence-corrected chi connectivity index (χ0v) is 12.2. The second kappa shape index (κ2) is 6.74. The number of benzene rings is 1. The third kappa shape index (κ3) is 4.06. The summed E-state index contributed by atoms with van der Waals surface area (Å²) in [6.45, 7) is 7.00. The molecule has 0 aliphatic carbocycles. The van der Waals surface area contributed by atoms with E-state index in [2.05, 4.69) is 6.92 Å². The molecular weight excluding hydrogens is 268 g/mol. The van der Waals surface area contributed by atoms with Gasteiger partial charge in [-0.05, 0) is 12.5 Å². The Morgan fingerprint density at radius 1 is 1.38 bits per heavy atom. The van der Waals surface area contributed by atoms with Crippen molar-refractivity contribution in [1.29, 1.82) is 0 Å². The van der Waals surface area contributed by atoms with Crippen LogP contribution in [0.4, 0.5) is 0 Å². The van der Waals surface area contributed by atoms with Gasteiger partial charge in [0.1, 0.15) is 12.2 Å². The largest absolute Gasteiger partial charge is 0.462 e. The van der Waals surface area contributed by atoms with Crippen LogP contribution in [0.3, 0.4) is 0 Å². The minimum atomic E-state index is -0.408. The zero-order valence-electron chi connectivity index (χ0n) is 12.2. The van der Waals surface area contributed by atoms with Gasteiger partial charge in [0.2, 0.25) is 0 Å². The molecule has 1 aliphatic heterocycles. The lowest BCUT2D eigenvalue weighted by molar-refractivity contribution is -0.150. The first kappa shape index (κ1) is 15.5. The second-order valence-corrected chi connectivity index (χ2v) is 5.22. The van der Waals surface area contributed by atoms with Crippen molar-refractivity contribution in [2.75, 3.05) is 0 Å². The highest BCUT2D eigenvalue weighted by molar-refractivity contribution is 5.90. The van der Waals surface area contributed by atoms with E-state index in [0.29, 0.717) is 12.3 Å². The van der Waals surface area contributed by atoms with Crippen molar-refractivity contribution in [3.05, 3.63) is 55.2 Å². The van der Waals surface area contributed by atoms with Crippen LogP contribution in [0.1, 0.15) is 31.7 Å². The summed E-state index contributed by atoms with van der Waals surface area (Å²) in [6.07, 6.45) is 1.36. The quantitative estimate of drug-likeness (QED) is 0.781. The molecule has 2 rings (SSSR count). The SMILES string of the molecule is [CH2][C]1[CH][C@@H](C[C@@H](OC(C)=O)[C@H](C)c2ccccc2)OC1=O. The molecule has 0 aromatic heterocycles. The summed E-state index contributed by atoms with van der Waals surface area (Å²) in [6, 6.07) is 9.81. The number of hydrogen-bond acceptors (Lipinski definition) is 4. The van der Waals surface area contributed by atoms with Crippen LogP contribution >= 0.6 is 0 Å². The van der Waals surface area contributed by atoms with Crippen molar-refractivity contribution in [3.63, 3.8) is 0 Å². The van der Waals surface area contributed by atoms with Gasteiger partial charge in [-0.25, -0.2) is 0 Å². The number of ether oxygens (including phenoxy) is 2. The van der Waals surface area contributed by atoms with Gasteiger partial charge in [-0.15, -0.1) is 0 Å². The third-order valence-electron chi connectivity index (χ3n) is 3.57. The van der Waals surface area contributed by atoms with Crippen molar-refractivity contribution >= 4 is 11.9 Å². The topological polar surface area (TPSA) is 52.6 Å². The predicted octanol–water partition coefficient (Wildman–Crippen LogP) is 2.65. The Morgan fingerprint density at radius 2 is 2.05 bits per heavy atom. The minimum absolute atomic E-state index is 0.0102. The zero-order chi connectivity index (χ0) is 15.4. The van der Waals surface area contributed by atoms with E-state index >= 15 is 0 Å². The number of cyclic esters (lactones) is 1. The Bertz CT molecular complexity index is 497. The normalized spacial score (nSPS) is 21.7. The molecule has 1 fully saturated rings. The maximum Gasteiger partial charge on any atom is 0.313 e. The van der Waals surface area contributed by atoms with Crippen molar-refractivity contribution in [2.24, 2.45) is 0 Å². The molecule has 0 spiro atoms. The first-order chi connectivity index (χ1) is 9.97. The molecule has 4 nitrogen and oxygen atoms in total. The van der Waals surface area contributed by atoms with Gasteiger partial charge in [0, 0.05) is 25.7 Å². The van der Waals surface area contributed by atoms with Gasteiger partial charge in [0.05, 0.1) is 5.92 Å². The van der Waals surface area contributed by atoms with E-state index in [0.717, 1.165) is 5.56 Å². The Balaban J connectivity index is 2.07. The van der Waals surface area contributed by atoms with Gasteiger partial charge in [-0.2, -0.15) is 0 Å². The van der Waals surface area contributed by atoms with E-state index in [1.807, 2.05) is 37.3 Å². The molecule has 1 aromatic carbocycles. The Kier molecular flexibility index (Phi) is 4.99. The number of carbonyl (C=O) groups excluding carboxylic acids is 2. The number of carbonyl (C=O) groups is 2. The first-order valence-corrected chi connectivity index (χ1v) is 6.94. The molecular formula is C17H19O4. The van der Waals surface area contributed by atoms with Crippen LogP contribution in [-0.4, -0.2) is 24.1 Å². The molecule has 3 atom stereocenters. The first-order valence-electron chi connectivity index (χ1n) is 6.94. The molecule has 0 amide bonds. The van der Waals surface area contributed by atoms with Crippen LogP contribution in [0.5, 0.6) is 0 Å². The fraction of sp³-hybridized carbons (Fsp3) is 0.353. The van der Waals surface area contributed by atoms with Crippen LogP contribution in [0, 0.1) is 19.3 Å². The molecule has 3 radical (unpaired) electrons. The Labute approximate surface area is 125 Å². The molecule has 1 aromatic rings. The van der Waals surface area contributed by atoms with Gasteiger partial charge in [0.15, 0.2) is 0 Å². The van der Waals surface area contributed by atoms with Gasteiger partial charge in [0.25, 0.3) is 0 Å². The predicted molar refractivity (Wildman–Crippen MR) is 77.8 cm³/mol. The summed E-state index contributed by atoms with van der Waals surface area (Å²) in [4.78, 5) is 22.7. The van der Waals surface area contributed by atoms with E-state index in [4.69, 9.17) is 9.47 Å². The second-order valence-electron chi connectivity index (χ2n) is 5.22. The van der Waals surface area contributed by atoms with E-state index in [-0.39, 0.29) is 24.1 Å². The summed E-state index contributed by atoms with van der Waals surface area (Å²) in [5.74, 6) is -0.384. The van der Waals surface area contributed by atoms with Gasteiger partial charge in [-0.3, -0.25) is 9.59 Å². The van der Waals surface area contributed by atoms with Crippen LogP contribution < -0.4 is 0 Å². The fourth-order valence-electron chi connectivity index (χ4n) is 2.42. The van der Waals surface area contributed by atoms with Crippen LogP contribution in [0.2, 0.25) is 0 Å². The highest BCUT2D eigenvalue weighted by Crippen LogP contribution is 2.30. The van der Waals surface area contributed by atoms with Crippen molar-refractivity contribution < 1.29 is 19.1 Å². The maximum absolute atomic E-state index is 11.4. The smallest absolute Gasteiger partial charge is 0.313 e. The molecule has 1 aliphatic rings. The van der Waals surface area contributed by atoms with Gasteiger partial charge in [-0.1, -0.05) is 37.3 Å². The molecule has 111 valence electrons. The summed E-state index contributed by atoms with van der Waals surface area (Å²) < 4.78 is 10.6. The minimum Gasteiger partial charge on any atom is -0.462 e. The molecule has 0 unspecified atom stereocenters. The highest BCUT2D eigenvalue weighted by Gasteiger charge is 2.36. The molecule has 0 bridgehead atoms. The van der Waals surface area contributed by atoms with Crippen molar-refractivity contribution in [3.8, 4) is 0 Å². The number of esters is 2. The number of hydrogen-bond donors (Lipinski definition) is 0. The van der Waals surface area contributed by atoms with E-state index in [9.17, 15) is 9.59 Å². The summed E-state index contributed by atoms with van der Waals surface area (Å²) in [5.41, 5.74) is 1.08. The van der Waals surface area contributed by atoms with E-state index < -0.39 is 5.97 Å². The summed E-state index contributed by atoms with van der Waals surface area (Å²) in [5, 5.41) is 0. The van der Waals surface area contributed by atoms with E-state index in [1.54, 1.807) is 6.42 Å². The molecule has 0 N–H and O–H groups in total. The molecule has 0 saturated carbocycles. The summed E-state index contributed by atoms with van der Waals surface area (Å²) >= 11 is 0. The van der Waals surface area contributed by atoms with Crippen LogP contribution in [0.25, 0.3) is 0 Å². The Morgan fingerprint density at radius 3 is 2.57 bits per heavy atom. The number of rotatable bonds is 5. The lowest BCUT2D eigenvalue weighted by Crippen LogP contribution is -2.28. The molecule has 21 heavy (non-hydrogen) atoms. The summed E-state index contributed by atoms with van der Waals surface area (Å²) in [7, 11) is 0. The van der Waals surface area contributed by atoms with Crippen molar-refractivity contribution in [2.45, 2.75) is 38.4 Å². The molecule has 1 heterocycles. The van der Waals surface area contributed by atoms with Crippen LogP contribution in [0.15, 0.2) is 30.3 Å². The van der Waals surface area contributed by atoms with Gasteiger partial charge >= 0.3 is 11.9 Å². The van der Waals surface area contributed by atoms with E-state index in [1.165, 1.54) is 6.92 Å². The lowest BCUT2D eigenvalue weighted by Gasteiger charge is -2.26. The molecule has 4 heteroatoms. The maximum atomic E-state index is 11.4. The highest BCUT2D eigenvalue weighted by atomic mass is 16.6. The fourth-order valence-corrected chi connectivity index (χ4v) is 2.42. The monoisotopic (exact) mass is 287 g/mol. The Hall–Kier alpha value is -1.84. The van der Waals surface area contributed by atoms with Crippen molar-refractivity contribution in [1.82, 2.24) is 0 Å². The standard InChI is InChI=1S/C17H19O4/c1-11-9-15(21-17(11)19)10-16(20-13(3)18)12(2)14-7-5-4-6-8-14/h4-9,12,15-16H,1,10H2,2-3H3/t12-,15+,16-/m1/s1. The average Bonchev–Trinajstić information content (AvgIpc) is 2.76. The molecule has 1 saturated heterocycles. The third-order valence-corrected chi connectivity index (χ3v) is 3.57. The average molecular weight is 287 g/mol. The van der Waals surface area contributed by atoms with Gasteiger partial charge < -0.3 is 9.47 Å². The lowest BCUT2D eigenvalue weighted by atomic mass is 9.90. The van der Waals surface area contributed by atoms with Crippen LogP contribution in [-0.2, 0) is 19.1 Å².